The van der Waals surface area contributed by atoms with E-state index in [4.69, 9.17) is 23.1 Å². The lowest BCUT2D eigenvalue weighted by molar-refractivity contribution is -0.0508. The van der Waals surface area contributed by atoms with E-state index in [1.54, 1.807) is 0 Å². The van der Waals surface area contributed by atoms with Crippen molar-refractivity contribution in [2.24, 2.45) is 5.92 Å². The van der Waals surface area contributed by atoms with E-state index in [2.05, 4.69) is 53.5 Å². The molecule has 1 saturated carbocycles. The van der Waals surface area contributed by atoms with Crippen molar-refractivity contribution in [2.75, 3.05) is 19.8 Å². The standard InChI is InChI=1S/C23H46O5Si2/c1-10-24-22(28-29(5,6)7)21-18(14-15-20-25-16-17-26-20)12-11-13-19(21)27-30(8,9)23(2,3)4/h18-20H,10-17H2,1-9H3/b22-21-/t18-,19+/m1/s1. The van der Waals surface area contributed by atoms with Crippen LogP contribution < -0.4 is 0 Å². The molecule has 176 valence electrons. The fraction of sp³-hybridized carbons (Fsp3) is 0.913. The highest BCUT2D eigenvalue weighted by Gasteiger charge is 2.43. The molecule has 1 aliphatic heterocycles. The van der Waals surface area contributed by atoms with E-state index in [1.807, 2.05) is 6.92 Å². The highest BCUT2D eigenvalue weighted by atomic mass is 28.4. The summed E-state index contributed by atoms with van der Waals surface area (Å²) in [5.41, 5.74) is 1.26. The van der Waals surface area contributed by atoms with Crippen molar-refractivity contribution in [1.82, 2.24) is 0 Å². The van der Waals surface area contributed by atoms with E-state index in [1.165, 1.54) is 12.0 Å². The predicted octanol–water partition coefficient (Wildman–Crippen LogP) is 6.43. The van der Waals surface area contributed by atoms with Gasteiger partial charge < -0.3 is 23.1 Å². The van der Waals surface area contributed by atoms with E-state index in [-0.39, 0.29) is 17.4 Å². The monoisotopic (exact) mass is 458 g/mol. The summed E-state index contributed by atoms with van der Waals surface area (Å²) in [6.45, 7) is 22.3. The van der Waals surface area contributed by atoms with Crippen LogP contribution in [0, 0.1) is 5.92 Å². The first kappa shape index (κ1) is 25.9. The SMILES string of the molecule is CCO/C(O[Si](C)(C)C)=C1\[C@@H](CCC2OCCO2)CCC[C@@H]1O[Si](C)(C)C(C)(C)C. The van der Waals surface area contributed by atoms with Gasteiger partial charge in [-0.25, -0.2) is 0 Å². The molecule has 0 radical (unpaired) electrons. The molecule has 5 nitrogen and oxygen atoms in total. The highest BCUT2D eigenvalue weighted by molar-refractivity contribution is 6.74. The number of ether oxygens (including phenoxy) is 3. The Labute approximate surface area is 187 Å². The molecule has 1 heterocycles. The van der Waals surface area contributed by atoms with Gasteiger partial charge in [0.05, 0.1) is 25.9 Å². The lowest BCUT2D eigenvalue weighted by Crippen LogP contribution is -2.46. The fourth-order valence-corrected chi connectivity index (χ4v) is 5.91. The highest BCUT2D eigenvalue weighted by Crippen LogP contribution is 2.44. The van der Waals surface area contributed by atoms with Crippen LogP contribution in [0.5, 0.6) is 0 Å². The van der Waals surface area contributed by atoms with E-state index >= 15 is 0 Å². The zero-order valence-corrected chi connectivity index (χ0v) is 22.9. The van der Waals surface area contributed by atoms with Crippen LogP contribution in [0.4, 0.5) is 0 Å². The minimum Gasteiger partial charge on any atom is -0.520 e. The minimum absolute atomic E-state index is 0.0682. The van der Waals surface area contributed by atoms with Crippen molar-refractivity contribution in [3.05, 3.63) is 11.5 Å². The molecule has 0 unspecified atom stereocenters. The van der Waals surface area contributed by atoms with Gasteiger partial charge in [-0.1, -0.05) is 20.8 Å². The third-order valence-corrected chi connectivity index (χ3v) is 11.7. The lowest BCUT2D eigenvalue weighted by atomic mass is 9.80. The maximum Gasteiger partial charge on any atom is 0.267 e. The Balaban J connectivity index is 2.35. The Bertz CT molecular complexity index is 571. The Morgan fingerprint density at radius 2 is 1.63 bits per heavy atom. The fourth-order valence-electron chi connectivity index (χ4n) is 3.87. The normalized spacial score (nSPS) is 26.0. The van der Waals surface area contributed by atoms with Gasteiger partial charge in [-0.15, -0.1) is 0 Å². The van der Waals surface area contributed by atoms with Gasteiger partial charge in [0, 0.05) is 5.57 Å². The van der Waals surface area contributed by atoms with Crippen LogP contribution in [0.15, 0.2) is 11.5 Å². The number of rotatable bonds is 9. The molecule has 30 heavy (non-hydrogen) atoms. The molecule has 0 aromatic heterocycles. The predicted molar refractivity (Wildman–Crippen MR) is 127 cm³/mol. The summed E-state index contributed by atoms with van der Waals surface area (Å²) in [6.07, 6.45) is 5.29. The van der Waals surface area contributed by atoms with Crippen LogP contribution in [0.3, 0.4) is 0 Å². The zero-order chi connectivity index (χ0) is 22.6. The molecule has 0 aromatic rings. The smallest absolute Gasteiger partial charge is 0.267 e. The molecule has 0 amide bonds. The van der Waals surface area contributed by atoms with Crippen LogP contribution in [-0.4, -0.2) is 48.8 Å². The molecular weight excluding hydrogens is 412 g/mol. The maximum absolute atomic E-state index is 6.97. The van der Waals surface area contributed by atoms with Gasteiger partial charge >= 0.3 is 0 Å². The Kier molecular flexibility index (Phi) is 9.08. The van der Waals surface area contributed by atoms with Crippen LogP contribution >= 0.6 is 0 Å². The second-order valence-electron chi connectivity index (χ2n) is 11.1. The second kappa shape index (κ2) is 10.5. The quantitative estimate of drug-likeness (QED) is 0.294. The summed E-state index contributed by atoms with van der Waals surface area (Å²) in [5.74, 6) is 1.14. The van der Waals surface area contributed by atoms with Gasteiger partial charge in [-0.05, 0) is 82.7 Å². The Hall–Kier alpha value is -0.346. The molecule has 1 aliphatic carbocycles. The van der Waals surface area contributed by atoms with Crippen LogP contribution in [0.25, 0.3) is 0 Å². The first-order valence-corrected chi connectivity index (χ1v) is 18.1. The van der Waals surface area contributed by atoms with Gasteiger partial charge in [0.15, 0.2) is 14.6 Å². The summed E-state index contributed by atoms with van der Waals surface area (Å²) < 4.78 is 31.1. The molecule has 0 spiro atoms. The average molecular weight is 459 g/mol. The van der Waals surface area contributed by atoms with E-state index in [0.29, 0.717) is 25.7 Å². The molecular formula is C23H46O5Si2. The number of hydrogen-bond donors (Lipinski definition) is 0. The zero-order valence-electron chi connectivity index (χ0n) is 20.9. The topological polar surface area (TPSA) is 46.2 Å². The Morgan fingerprint density at radius 1 is 1.00 bits per heavy atom. The van der Waals surface area contributed by atoms with Crippen molar-refractivity contribution < 1.29 is 23.1 Å². The molecule has 7 heteroatoms. The van der Waals surface area contributed by atoms with Crippen molar-refractivity contribution in [3.63, 3.8) is 0 Å². The van der Waals surface area contributed by atoms with Gasteiger partial charge in [-0.2, -0.15) is 0 Å². The molecule has 2 atom stereocenters. The first-order valence-electron chi connectivity index (χ1n) is 11.8. The first-order chi connectivity index (χ1) is 13.8. The van der Waals surface area contributed by atoms with Gasteiger partial charge in [-0.3, -0.25) is 0 Å². The molecule has 2 fully saturated rings. The van der Waals surface area contributed by atoms with Crippen LogP contribution in [0.1, 0.15) is 59.8 Å². The summed E-state index contributed by atoms with van der Waals surface area (Å²) in [5, 5.41) is 0.169. The molecule has 0 aromatic carbocycles. The molecule has 2 aliphatic rings. The molecule has 1 saturated heterocycles. The van der Waals surface area contributed by atoms with Gasteiger partial charge in [0.1, 0.15) is 0 Å². The number of hydrogen-bond acceptors (Lipinski definition) is 5. The summed E-state index contributed by atoms with van der Waals surface area (Å²) in [6, 6.07) is 0. The third kappa shape index (κ3) is 7.36. The minimum atomic E-state index is -1.92. The third-order valence-electron chi connectivity index (χ3n) is 6.40. The van der Waals surface area contributed by atoms with Gasteiger partial charge in [0.25, 0.3) is 5.95 Å². The van der Waals surface area contributed by atoms with Gasteiger partial charge in [0.2, 0.25) is 8.32 Å². The summed E-state index contributed by atoms with van der Waals surface area (Å²) >= 11 is 0. The van der Waals surface area contributed by atoms with E-state index in [0.717, 1.165) is 31.6 Å². The second-order valence-corrected chi connectivity index (χ2v) is 20.3. The largest absolute Gasteiger partial charge is 0.520 e. The van der Waals surface area contributed by atoms with Crippen molar-refractivity contribution in [1.29, 1.82) is 0 Å². The molecule has 0 N–H and O–H groups in total. The maximum atomic E-state index is 6.97. The molecule has 2 rings (SSSR count). The van der Waals surface area contributed by atoms with Crippen LogP contribution in [-0.2, 0) is 23.1 Å². The summed E-state index contributed by atoms with van der Waals surface area (Å²) in [7, 11) is -3.74. The average Bonchev–Trinajstić information content (AvgIpc) is 3.10. The van der Waals surface area contributed by atoms with Crippen molar-refractivity contribution in [2.45, 2.75) is 110 Å². The van der Waals surface area contributed by atoms with Crippen LogP contribution in [0.2, 0.25) is 37.8 Å². The van der Waals surface area contributed by atoms with Crippen molar-refractivity contribution in [3.8, 4) is 0 Å². The molecule has 0 bridgehead atoms. The lowest BCUT2D eigenvalue weighted by Gasteiger charge is -2.43. The van der Waals surface area contributed by atoms with Crippen molar-refractivity contribution >= 4 is 16.6 Å². The van der Waals surface area contributed by atoms with E-state index < -0.39 is 16.6 Å². The summed E-state index contributed by atoms with van der Waals surface area (Å²) in [4.78, 5) is 0. The Morgan fingerprint density at radius 3 is 2.17 bits per heavy atom. The van der Waals surface area contributed by atoms with E-state index in [9.17, 15) is 0 Å².